The topological polar surface area (TPSA) is 35.5 Å². The summed E-state index contributed by atoms with van der Waals surface area (Å²) in [5.41, 5.74) is 0. The lowest BCUT2D eigenvalue weighted by molar-refractivity contribution is 0.139. The first-order valence-corrected chi connectivity index (χ1v) is 5.95. The number of hydrogen-bond donors (Lipinski definition) is 2. The molecule has 14 heavy (non-hydrogen) atoms. The molecule has 82 valence electrons. The SMILES string of the molecule is OCCN1CCCC(CNC2CC2)C1. The third-order valence-electron chi connectivity index (χ3n) is 3.29. The van der Waals surface area contributed by atoms with Gasteiger partial charge in [-0.2, -0.15) is 0 Å². The summed E-state index contributed by atoms with van der Waals surface area (Å²) in [5, 5.41) is 12.5. The number of nitrogens with one attached hydrogen (secondary N) is 1. The molecule has 1 aliphatic carbocycles. The van der Waals surface area contributed by atoms with Crippen LogP contribution in [0.1, 0.15) is 25.7 Å². The molecule has 1 saturated carbocycles. The van der Waals surface area contributed by atoms with Gasteiger partial charge in [0.2, 0.25) is 0 Å². The Hall–Kier alpha value is -0.120. The number of likely N-dealkylation sites (tertiary alicyclic amines) is 1. The smallest absolute Gasteiger partial charge is 0.0558 e. The third-order valence-corrected chi connectivity index (χ3v) is 3.29. The van der Waals surface area contributed by atoms with Crippen LogP contribution in [0.5, 0.6) is 0 Å². The summed E-state index contributed by atoms with van der Waals surface area (Å²) in [7, 11) is 0. The molecule has 0 radical (unpaired) electrons. The minimum atomic E-state index is 0.308. The molecule has 0 spiro atoms. The van der Waals surface area contributed by atoms with Crippen LogP contribution in [0, 0.1) is 5.92 Å². The molecular formula is C11H22N2O. The molecule has 1 heterocycles. The van der Waals surface area contributed by atoms with Crippen LogP contribution in [-0.4, -0.2) is 48.8 Å². The van der Waals surface area contributed by atoms with Crippen LogP contribution < -0.4 is 5.32 Å². The van der Waals surface area contributed by atoms with E-state index in [4.69, 9.17) is 5.11 Å². The summed E-state index contributed by atoms with van der Waals surface area (Å²) >= 11 is 0. The predicted octanol–water partition coefficient (Wildman–Crippen LogP) is 0.443. The number of piperidine rings is 1. The van der Waals surface area contributed by atoms with Crippen molar-refractivity contribution in [2.24, 2.45) is 5.92 Å². The van der Waals surface area contributed by atoms with Gasteiger partial charge in [-0.3, -0.25) is 0 Å². The molecule has 1 saturated heterocycles. The van der Waals surface area contributed by atoms with E-state index in [2.05, 4.69) is 10.2 Å². The molecule has 0 aromatic rings. The van der Waals surface area contributed by atoms with Gasteiger partial charge >= 0.3 is 0 Å². The van der Waals surface area contributed by atoms with Crippen LogP contribution in [-0.2, 0) is 0 Å². The van der Waals surface area contributed by atoms with Gasteiger partial charge < -0.3 is 15.3 Å². The van der Waals surface area contributed by atoms with Crippen molar-refractivity contribution in [2.75, 3.05) is 32.8 Å². The highest BCUT2D eigenvalue weighted by Gasteiger charge is 2.24. The normalized spacial score (nSPS) is 29.4. The van der Waals surface area contributed by atoms with E-state index in [9.17, 15) is 0 Å². The monoisotopic (exact) mass is 198 g/mol. The second kappa shape index (κ2) is 5.10. The summed E-state index contributed by atoms with van der Waals surface area (Å²) in [5.74, 6) is 0.816. The van der Waals surface area contributed by atoms with E-state index in [0.717, 1.165) is 18.5 Å². The van der Waals surface area contributed by atoms with Gasteiger partial charge in [-0.1, -0.05) is 0 Å². The number of hydrogen-bond acceptors (Lipinski definition) is 3. The lowest BCUT2D eigenvalue weighted by atomic mass is 9.98. The summed E-state index contributed by atoms with van der Waals surface area (Å²) in [6.45, 7) is 4.72. The standard InChI is InChI=1S/C11H22N2O/c14-7-6-13-5-1-2-10(9-13)8-12-11-3-4-11/h10-12,14H,1-9H2. The van der Waals surface area contributed by atoms with Gasteiger partial charge in [0.25, 0.3) is 0 Å². The Labute approximate surface area is 86.5 Å². The Kier molecular flexibility index (Phi) is 3.79. The summed E-state index contributed by atoms with van der Waals surface area (Å²) in [6, 6.07) is 0.836. The average molecular weight is 198 g/mol. The Bertz CT molecular complexity index is 169. The van der Waals surface area contributed by atoms with Crippen molar-refractivity contribution in [3.63, 3.8) is 0 Å². The highest BCUT2D eigenvalue weighted by molar-refractivity contribution is 4.83. The molecule has 2 N–H and O–H groups in total. The minimum absolute atomic E-state index is 0.308. The average Bonchev–Trinajstić information content (AvgIpc) is 2.99. The molecule has 0 amide bonds. The summed E-state index contributed by atoms with van der Waals surface area (Å²) in [4.78, 5) is 2.39. The van der Waals surface area contributed by atoms with Crippen molar-refractivity contribution >= 4 is 0 Å². The lowest BCUT2D eigenvalue weighted by Gasteiger charge is -2.32. The highest BCUT2D eigenvalue weighted by Crippen LogP contribution is 2.21. The van der Waals surface area contributed by atoms with Crippen LogP contribution in [0.25, 0.3) is 0 Å². The first kappa shape index (κ1) is 10.4. The van der Waals surface area contributed by atoms with Gasteiger partial charge in [0, 0.05) is 19.1 Å². The fourth-order valence-corrected chi connectivity index (χ4v) is 2.28. The highest BCUT2D eigenvalue weighted by atomic mass is 16.3. The van der Waals surface area contributed by atoms with Gasteiger partial charge in [0.1, 0.15) is 0 Å². The van der Waals surface area contributed by atoms with Crippen molar-refractivity contribution in [2.45, 2.75) is 31.7 Å². The molecule has 2 fully saturated rings. The van der Waals surface area contributed by atoms with Gasteiger partial charge in [-0.25, -0.2) is 0 Å². The zero-order valence-electron chi connectivity index (χ0n) is 8.91. The van der Waals surface area contributed by atoms with Crippen molar-refractivity contribution in [3.05, 3.63) is 0 Å². The van der Waals surface area contributed by atoms with Crippen LogP contribution in [0.15, 0.2) is 0 Å². The van der Waals surface area contributed by atoms with Crippen LogP contribution in [0.4, 0.5) is 0 Å². The van der Waals surface area contributed by atoms with E-state index in [0.29, 0.717) is 6.61 Å². The molecular weight excluding hydrogens is 176 g/mol. The van der Waals surface area contributed by atoms with E-state index >= 15 is 0 Å². The van der Waals surface area contributed by atoms with Crippen LogP contribution in [0.2, 0.25) is 0 Å². The van der Waals surface area contributed by atoms with E-state index < -0.39 is 0 Å². The van der Waals surface area contributed by atoms with Crippen molar-refractivity contribution in [1.82, 2.24) is 10.2 Å². The van der Waals surface area contributed by atoms with Gasteiger partial charge in [0.05, 0.1) is 6.61 Å². The van der Waals surface area contributed by atoms with E-state index in [1.165, 1.54) is 45.3 Å². The molecule has 1 aliphatic heterocycles. The Morgan fingerprint density at radius 1 is 1.29 bits per heavy atom. The number of nitrogens with zero attached hydrogens (tertiary/aromatic N) is 1. The van der Waals surface area contributed by atoms with Gasteiger partial charge in [0.15, 0.2) is 0 Å². The largest absolute Gasteiger partial charge is 0.395 e. The van der Waals surface area contributed by atoms with E-state index in [1.807, 2.05) is 0 Å². The lowest BCUT2D eigenvalue weighted by Crippen LogP contribution is -2.41. The molecule has 1 atom stereocenters. The molecule has 2 rings (SSSR count). The maximum Gasteiger partial charge on any atom is 0.0558 e. The Morgan fingerprint density at radius 2 is 2.14 bits per heavy atom. The minimum Gasteiger partial charge on any atom is -0.395 e. The maximum absolute atomic E-state index is 8.88. The van der Waals surface area contributed by atoms with Crippen molar-refractivity contribution < 1.29 is 5.11 Å². The second-order valence-corrected chi connectivity index (χ2v) is 4.71. The van der Waals surface area contributed by atoms with Gasteiger partial charge in [-0.15, -0.1) is 0 Å². The van der Waals surface area contributed by atoms with E-state index in [-0.39, 0.29) is 0 Å². The molecule has 1 unspecified atom stereocenters. The van der Waals surface area contributed by atoms with Crippen LogP contribution in [0.3, 0.4) is 0 Å². The second-order valence-electron chi connectivity index (χ2n) is 4.71. The van der Waals surface area contributed by atoms with E-state index in [1.54, 1.807) is 0 Å². The molecule has 3 heteroatoms. The predicted molar refractivity (Wildman–Crippen MR) is 57.3 cm³/mol. The maximum atomic E-state index is 8.88. The summed E-state index contributed by atoms with van der Waals surface area (Å²) in [6.07, 6.45) is 5.43. The Balaban J connectivity index is 1.64. The quantitative estimate of drug-likeness (QED) is 0.673. The number of rotatable bonds is 5. The molecule has 0 aromatic heterocycles. The summed E-state index contributed by atoms with van der Waals surface area (Å²) < 4.78 is 0. The molecule has 0 bridgehead atoms. The van der Waals surface area contributed by atoms with Crippen LogP contribution >= 0.6 is 0 Å². The zero-order valence-corrected chi connectivity index (χ0v) is 8.91. The Morgan fingerprint density at radius 3 is 2.86 bits per heavy atom. The number of aliphatic hydroxyl groups excluding tert-OH is 1. The van der Waals surface area contributed by atoms with Crippen molar-refractivity contribution in [1.29, 1.82) is 0 Å². The number of β-amino-alcohol motifs (C(OH)–C–C–N with tert-alkyl or cyclic N) is 1. The first-order valence-electron chi connectivity index (χ1n) is 5.95. The molecule has 2 aliphatic rings. The first-order chi connectivity index (χ1) is 6.88. The number of aliphatic hydroxyl groups is 1. The van der Waals surface area contributed by atoms with Crippen molar-refractivity contribution in [3.8, 4) is 0 Å². The van der Waals surface area contributed by atoms with Gasteiger partial charge in [-0.05, 0) is 44.7 Å². The third kappa shape index (κ3) is 3.23. The molecule has 0 aromatic carbocycles. The zero-order chi connectivity index (χ0) is 9.80. The fourth-order valence-electron chi connectivity index (χ4n) is 2.28. The molecule has 3 nitrogen and oxygen atoms in total. The fraction of sp³-hybridized carbons (Fsp3) is 1.00.